The van der Waals surface area contributed by atoms with Gasteiger partial charge < -0.3 is 29.2 Å². The first-order valence-electron chi connectivity index (χ1n) is 9.05. The normalized spacial score (nSPS) is 27.4. The Morgan fingerprint density at radius 3 is 1.61 bits per heavy atom. The molecule has 0 aromatic heterocycles. The van der Waals surface area contributed by atoms with E-state index in [4.69, 9.17) is 24.1 Å². The van der Waals surface area contributed by atoms with Crippen LogP contribution in [0.1, 0.15) is 47.5 Å². The summed E-state index contributed by atoms with van der Waals surface area (Å²) in [6.45, 7) is 16.6. The second-order valence-electron chi connectivity index (χ2n) is 7.28. The van der Waals surface area contributed by atoms with Gasteiger partial charge in [0.15, 0.2) is 6.10 Å². The highest BCUT2D eigenvalue weighted by Crippen LogP contribution is 2.28. The average Bonchev–Trinajstić information content (AvgIpc) is 3.11. The lowest BCUT2D eigenvalue weighted by molar-refractivity contribution is -0.211. The molecule has 162 valence electrons. The van der Waals surface area contributed by atoms with E-state index in [0.717, 1.165) is 13.5 Å². The molecule has 8 heteroatoms. The lowest BCUT2D eigenvalue weighted by Crippen LogP contribution is -2.38. The summed E-state index contributed by atoms with van der Waals surface area (Å²) in [5, 5.41) is 16.6. The molecule has 2 aliphatic heterocycles. The summed E-state index contributed by atoms with van der Waals surface area (Å²) < 4.78 is 20.6. The standard InChI is InChI=1S/C10H16O3.C9H14O4.CH4O/c1-7(2)9(11)13-8-5-6-12-10(8,3)4;1-6(2)8(10)13-7-4-5-12-9(7,3)11;1-2/h8H,1,5-6H2,2-4H3;7,11H,1,4-5H2,2-3H3;2H,1H3. The molecule has 0 aromatic carbocycles. The van der Waals surface area contributed by atoms with Gasteiger partial charge in [-0.1, -0.05) is 13.2 Å². The lowest BCUT2D eigenvalue weighted by atomic mass is 10.0. The van der Waals surface area contributed by atoms with E-state index >= 15 is 0 Å². The quantitative estimate of drug-likeness (QED) is 0.542. The second kappa shape index (κ2) is 11.3. The van der Waals surface area contributed by atoms with Crippen molar-refractivity contribution in [3.05, 3.63) is 24.3 Å². The fourth-order valence-electron chi connectivity index (χ4n) is 2.43. The van der Waals surface area contributed by atoms with Crippen molar-refractivity contribution >= 4 is 11.9 Å². The van der Waals surface area contributed by atoms with E-state index in [-0.39, 0.29) is 17.7 Å². The van der Waals surface area contributed by atoms with Gasteiger partial charge in [-0.05, 0) is 34.6 Å². The maximum atomic E-state index is 11.2. The zero-order valence-corrected chi connectivity index (χ0v) is 17.7. The van der Waals surface area contributed by atoms with Crippen LogP contribution in [0.4, 0.5) is 0 Å². The van der Waals surface area contributed by atoms with E-state index in [1.807, 2.05) is 13.8 Å². The highest BCUT2D eigenvalue weighted by Gasteiger charge is 2.41. The molecule has 2 fully saturated rings. The average molecular weight is 402 g/mol. The molecule has 28 heavy (non-hydrogen) atoms. The third kappa shape index (κ3) is 8.10. The van der Waals surface area contributed by atoms with Gasteiger partial charge in [-0.25, -0.2) is 9.59 Å². The van der Waals surface area contributed by atoms with Crippen LogP contribution >= 0.6 is 0 Å². The molecule has 3 atom stereocenters. The van der Waals surface area contributed by atoms with Crippen molar-refractivity contribution in [2.24, 2.45) is 0 Å². The van der Waals surface area contributed by atoms with E-state index in [1.54, 1.807) is 13.8 Å². The summed E-state index contributed by atoms with van der Waals surface area (Å²) >= 11 is 0. The van der Waals surface area contributed by atoms with Crippen molar-refractivity contribution in [2.75, 3.05) is 20.3 Å². The highest BCUT2D eigenvalue weighted by atomic mass is 16.7. The first-order valence-corrected chi connectivity index (χ1v) is 9.05. The molecule has 0 bridgehead atoms. The fourth-order valence-corrected chi connectivity index (χ4v) is 2.43. The Labute approximate surface area is 167 Å². The monoisotopic (exact) mass is 402 g/mol. The number of rotatable bonds is 4. The number of carbonyl (C=O) groups is 2. The molecule has 2 heterocycles. The highest BCUT2D eigenvalue weighted by molar-refractivity contribution is 5.87. The van der Waals surface area contributed by atoms with Gasteiger partial charge in [0.2, 0.25) is 5.79 Å². The van der Waals surface area contributed by atoms with Crippen molar-refractivity contribution in [1.82, 2.24) is 0 Å². The van der Waals surface area contributed by atoms with Crippen LogP contribution in [0, 0.1) is 0 Å². The second-order valence-corrected chi connectivity index (χ2v) is 7.28. The van der Waals surface area contributed by atoms with Gasteiger partial charge in [0.1, 0.15) is 6.10 Å². The molecule has 2 saturated heterocycles. The summed E-state index contributed by atoms with van der Waals surface area (Å²) in [5.74, 6) is -2.18. The van der Waals surface area contributed by atoms with Crippen LogP contribution in [0.3, 0.4) is 0 Å². The van der Waals surface area contributed by atoms with Crippen molar-refractivity contribution in [3.63, 3.8) is 0 Å². The molecule has 0 radical (unpaired) electrons. The van der Waals surface area contributed by atoms with E-state index < -0.39 is 17.9 Å². The minimum atomic E-state index is -1.36. The van der Waals surface area contributed by atoms with Crippen LogP contribution in [-0.2, 0) is 28.5 Å². The minimum absolute atomic E-state index is 0.142. The van der Waals surface area contributed by atoms with Crippen LogP contribution in [0.15, 0.2) is 24.3 Å². The minimum Gasteiger partial charge on any atom is -0.456 e. The Morgan fingerprint density at radius 1 is 0.893 bits per heavy atom. The Hall–Kier alpha value is -1.74. The Balaban J connectivity index is 0.000000478. The molecule has 0 amide bonds. The molecule has 0 aromatic rings. The van der Waals surface area contributed by atoms with Crippen LogP contribution in [0.5, 0.6) is 0 Å². The number of hydrogen-bond acceptors (Lipinski definition) is 8. The largest absolute Gasteiger partial charge is 0.456 e. The van der Waals surface area contributed by atoms with E-state index in [1.165, 1.54) is 6.92 Å². The Kier molecular flexibility index (Phi) is 10.6. The van der Waals surface area contributed by atoms with Gasteiger partial charge in [0.05, 0.1) is 18.8 Å². The molecule has 2 rings (SSSR count). The summed E-state index contributed by atoms with van der Waals surface area (Å²) in [6, 6.07) is 0. The van der Waals surface area contributed by atoms with Crippen molar-refractivity contribution in [2.45, 2.75) is 71.1 Å². The van der Waals surface area contributed by atoms with Crippen LogP contribution in [0.2, 0.25) is 0 Å². The Bertz CT molecular complexity index is 515. The molecule has 2 N–H and O–H groups in total. The third-order valence-corrected chi connectivity index (χ3v) is 4.20. The molecule has 0 aliphatic carbocycles. The van der Waals surface area contributed by atoms with Crippen molar-refractivity contribution < 1.29 is 38.7 Å². The van der Waals surface area contributed by atoms with E-state index in [9.17, 15) is 14.7 Å². The van der Waals surface area contributed by atoms with Crippen molar-refractivity contribution in [3.8, 4) is 0 Å². The maximum absolute atomic E-state index is 11.2. The van der Waals surface area contributed by atoms with Gasteiger partial charge in [0.25, 0.3) is 0 Å². The molecule has 8 nitrogen and oxygen atoms in total. The summed E-state index contributed by atoms with van der Waals surface area (Å²) in [7, 11) is 1.00. The van der Waals surface area contributed by atoms with Gasteiger partial charge >= 0.3 is 11.9 Å². The smallest absolute Gasteiger partial charge is 0.333 e. The van der Waals surface area contributed by atoms with E-state index in [0.29, 0.717) is 30.8 Å². The summed E-state index contributed by atoms with van der Waals surface area (Å²) in [4.78, 5) is 22.3. The fraction of sp³-hybridized carbons (Fsp3) is 0.700. The number of aliphatic hydroxyl groups is 2. The molecule has 0 saturated carbocycles. The van der Waals surface area contributed by atoms with Crippen molar-refractivity contribution in [1.29, 1.82) is 0 Å². The lowest BCUT2D eigenvalue weighted by Gasteiger charge is -2.25. The molecule has 3 unspecified atom stereocenters. The molecular weight excluding hydrogens is 368 g/mol. The molecule has 2 aliphatic rings. The van der Waals surface area contributed by atoms with Gasteiger partial charge in [-0.2, -0.15) is 0 Å². The number of esters is 2. The third-order valence-electron chi connectivity index (χ3n) is 4.20. The zero-order valence-electron chi connectivity index (χ0n) is 17.7. The first kappa shape index (κ1) is 26.3. The summed E-state index contributed by atoms with van der Waals surface area (Å²) in [5.41, 5.74) is 0.399. The Morgan fingerprint density at radius 2 is 1.29 bits per heavy atom. The van der Waals surface area contributed by atoms with Gasteiger partial charge in [0, 0.05) is 31.1 Å². The number of carbonyl (C=O) groups excluding carboxylic acids is 2. The number of ether oxygens (including phenoxy) is 4. The predicted octanol–water partition coefficient (Wildman–Crippen LogP) is 1.88. The summed E-state index contributed by atoms with van der Waals surface area (Å²) in [6.07, 6.45) is 0.561. The topological polar surface area (TPSA) is 112 Å². The van der Waals surface area contributed by atoms with Gasteiger partial charge in [-0.3, -0.25) is 0 Å². The maximum Gasteiger partial charge on any atom is 0.333 e. The zero-order chi connectivity index (χ0) is 22.1. The van der Waals surface area contributed by atoms with Crippen LogP contribution < -0.4 is 0 Å². The molecular formula is C20H34O8. The van der Waals surface area contributed by atoms with Gasteiger partial charge in [-0.15, -0.1) is 0 Å². The first-order chi connectivity index (χ1) is 12.9. The molecule has 0 spiro atoms. The van der Waals surface area contributed by atoms with E-state index in [2.05, 4.69) is 13.2 Å². The SMILES string of the molecule is C=C(C)C(=O)OC1CCOC1(C)C.C=C(C)C(=O)OC1CCOC1(C)O.CO. The van der Waals surface area contributed by atoms with Crippen LogP contribution in [-0.4, -0.2) is 66.1 Å². The van der Waals surface area contributed by atoms with Crippen LogP contribution in [0.25, 0.3) is 0 Å². The number of aliphatic hydroxyl groups excluding tert-OH is 1. The predicted molar refractivity (Wildman–Crippen MR) is 103 cm³/mol. The number of hydrogen-bond donors (Lipinski definition) is 2.